The monoisotopic (exact) mass is 1040 g/mol. The van der Waals surface area contributed by atoms with Crippen molar-refractivity contribution in [1.29, 1.82) is 0 Å². The van der Waals surface area contributed by atoms with Gasteiger partial charge in [-0.05, 0) is 80.2 Å². The van der Waals surface area contributed by atoms with E-state index in [1.807, 2.05) is 0 Å². The summed E-state index contributed by atoms with van der Waals surface area (Å²) in [6.07, 6.45) is -1.98. The summed E-state index contributed by atoms with van der Waals surface area (Å²) in [6, 6.07) is 10.6. The number of Topliss-reactive ketones (excluding diaryl/α,β-unsaturated/α-hetero) is 4. The SMILES string of the molecule is CC(=O)CC(=O)N[C@H](C(=O)N1CCCC1C(=O)N[C@H](C(=O)C(F)(F)C(=O)CCc1ccccc1)C(C)C)C(C)C.CC(C)[C@H](NC(=O)C1CCCN1C(=O)[C@@H](N)C(C)C)C(O)C(F)(F)C(=O)CCc1ccccc1. The van der Waals surface area contributed by atoms with E-state index < -0.39 is 126 Å². The van der Waals surface area contributed by atoms with E-state index in [9.17, 15) is 65.8 Å². The first-order valence-electron chi connectivity index (χ1n) is 25.4. The van der Waals surface area contributed by atoms with Gasteiger partial charge in [0, 0.05) is 25.9 Å². The first kappa shape index (κ1) is 62.4. The highest BCUT2D eigenvalue weighted by molar-refractivity contribution is 6.11. The van der Waals surface area contributed by atoms with Crippen molar-refractivity contribution >= 4 is 52.7 Å². The number of amides is 5. The molecule has 6 N–H and O–H groups in total. The van der Waals surface area contributed by atoms with Crippen LogP contribution in [0, 0.1) is 23.7 Å². The number of nitrogens with zero attached hydrogens (tertiary/aromatic N) is 2. The molecular formula is C54H76F4N6O10. The third kappa shape index (κ3) is 17.1. The van der Waals surface area contributed by atoms with Crippen LogP contribution < -0.4 is 21.7 Å². The van der Waals surface area contributed by atoms with Crippen LogP contribution in [0.4, 0.5) is 17.6 Å². The number of halogens is 4. The predicted octanol–water partition coefficient (Wildman–Crippen LogP) is 4.94. The van der Waals surface area contributed by atoms with Gasteiger partial charge in [0.05, 0.1) is 24.5 Å². The molecule has 5 amide bonds. The molecule has 0 aromatic heterocycles. The zero-order chi connectivity index (χ0) is 55.8. The summed E-state index contributed by atoms with van der Waals surface area (Å²) in [7, 11) is 0. The van der Waals surface area contributed by atoms with Crippen molar-refractivity contribution < 1.29 is 65.8 Å². The second kappa shape index (κ2) is 28.1. The number of rotatable bonds is 25. The van der Waals surface area contributed by atoms with E-state index in [0.29, 0.717) is 31.4 Å². The third-order valence-electron chi connectivity index (χ3n) is 13.3. The number of nitrogens with one attached hydrogen (secondary N) is 3. The molecule has 20 heteroatoms. The van der Waals surface area contributed by atoms with Gasteiger partial charge in [-0.15, -0.1) is 0 Å². The van der Waals surface area contributed by atoms with Crippen molar-refractivity contribution in [3.8, 4) is 0 Å². The van der Waals surface area contributed by atoms with Crippen LogP contribution in [0.2, 0.25) is 0 Å². The first-order valence-corrected chi connectivity index (χ1v) is 25.4. The molecule has 2 fully saturated rings. The number of carbonyl (C=O) groups excluding carboxylic acids is 9. The second-order valence-corrected chi connectivity index (χ2v) is 20.6. The number of aliphatic hydroxyl groups excluding tert-OH is 1. The van der Waals surface area contributed by atoms with Gasteiger partial charge in [-0.3, -0.25) is 43.2 Å². The highest BCUT2D eigenvalue weighted by Crippen LogP contribution is 2.30. The van der Waals surface area contributed by atoms with Gasteiger partial charge in [0.1, 0.15) is 30.0 Å². The highest BCUT2D eigenvalue weighted by atomic mass is 19.3. The van der Waals surface area contributed by atoms with Crippen molar-refractivity contribution in [3.05, 3.63) is 71.8 Å². The Balaban J connectivity index is 0.000000395. The van der Waals surface area contributed by atoms with E-state index in [0.717, 1.165) is 5.56 Å². The van der Waals surface area contributed by atoms with Gasteiger partial charge in [0.2, 0.25) is 46.9 Å². The third-order valence-corrected chi connectivity index (χ3v) is 13.3. The van der Waals surface area contributed by atoms with Crippen LogP contribution in [0.3, 0.4) is 0 Å². The molecule has 3 unspecified atom stereocenters. The Morgan fingerprint density at radius 2 is 1.07 bits per heavy atom. The van der Waals surface area contributed by atoms with Crippen molar-refractivity contribution in [2.75, 3.05) is 13.1 Å². The van der Waals surface area contributed by atoms with Gasteiger partial charge in [0.25, 0.3) is 0 Å². The lowest BCUT2D eigenvalue weighted by Gasteiger charge is -2.34. The zero-order valence-electron chi connectivity index (χ0n) is 44.0. The number of hydrogen-bond donors (Lipinski definition) is 5. The standard InChI is InChI=1S/C29H39F2N3O6.C25H37F2N3O4/c1-17(2)24(26(38)29(30,31)22(36)14-13-20-10-7-6-8-11-20)33-27(39)21-12-9-15-34(21)28(40)25(18(3)4)32-23(37)16-19(5)35;1-15(2)20(28)24(34)30-14-8-11-18(30)23(33)29-21(16(3)4)22(32)25(26,27)19(31)13-12-17-9-6-5-7-10-17/h6-8,10-11,17-18,21,24-25H,9,12-16H2,1-5H3,(H,32,37)(H,33,39);5-7,9-10,15-16,18,20-22,32H,8,11-14,28H2,1-4H3,(H,29,33)/t21?,24-,25-;18?,20-,21-,22?/m00/s1. The van der Waals surface area contributed by atoms with Crippen LogP contribution in [0.1, 0.15) is 118 Å². The lowest BCUT2D eigenvalue weighted by Crippen LogP contribution is -2.60. The van der Waals surface area contributed by atoms with E-state index in [-0.39, 0.29) is 49.3 Å². The molecule has 7 atom stereocenters. The molecule has 4 rings (SSSR count). The molecule has 2 heterocycles. The Bertz CT molecular complexity index is 2260. The molecule has 2 saturated heterocycles. The van der Waals surface area contributed by atoms with Gasteiger partial charge in [0.15, 0.2) is 0 Å². The fourth-order valence-corrected chi connectivity index (χ4v) is 8.73. The second-order valence-electron chi connectivity index (χ2n) is 20.6. The Kier molecular flexibility index (Phi) is 23.7. The lowest BCUT2D eigenvalue weighted by atomic mass is 9.90. The molecule has 2 aromatic carbocycles. The fraction of sp³-hybridized carbons (Fsp3) is 0.611. The smallest absolute Gasteiger partial charge is 0.364 e. The van der Waals surface area contributed by atoms with E-state index in [1.165, 1.54) is 30.6 Å². The maximum absolute atomic E-state index is 15.0. The molecule has 410 valence electrons. The summed E-state index contributed by atoms with van der Waals surface area (Å²) >= 11 is 0. The predicted molar refractivity (Wildman–Crippen MR) is 268 cm³/mol. The summed E-state index contributed by atoms with van der Waals surface area (Å²) in [4.78, 5) is 116. The number of ketones is 4. The molecule has 0 bridgehead atoms. The van der Waals surface area contributed by atoms with Crippen LogP contribution in [0.15, 0.2) is 60.7 Å². The maximum Gasteiger partial charge on any atom is 0.364 e. The van der Waals surface area contributed by atoms with Crippen molar-refractivity contribution in [2.24, 2.45) is 29.4 Å². The molecule has 0 spiro atoms. The Hall–Kier alpha value is -5.89. The number of aryl methyl sites for hydroxylation is 2. The minimum Gasteiger partial charge on any atom is -0.384 e. The van der Waals surface area contributed by atoms with Crippen LogP contribution in [-0.2, 0) is 56.0 Å². The molecule has 0 aliphatic carbocycles. The van der Waals surface area contributed by atoms with Crippen LogP contribution in [-0.4, -0.2) is 135 Å². The summed E-state index contributed by atoms with van der Waals surface area (Å²) in [5.74, 6) is -18.1. The summed E-state index contributed by atoms with van der Waals surface area (Å²) in [5, 5.41) is 17.9. The van der Waals surface area contributed by atoms with E-state index in [2.05, 4.69) is 16.0 Å². The summed E-state index contributed by atoms with van der Waals surface area (Å²) in [6.45, 7) is 14.9. The Labute approximate surface area is 431 Å². The minimum absolute atomic E-state index is 0.0420. The van der Waals surface area contributed by atoms with E-state index in [4.69, 9.17) is 5.73 Å². The average Bonchev–Trinajstić information content (AvgIpc) is 4.06. The first-order chi connectivity index (χ1) is 34.5. The van der Waals surface area contributed by atoms with Gasteiger partial charge in [-0.2, -0.15) is 17.6 Å². The van der Waals surface area contributed by atoms with Gasteiger partial charge in [-0.1, -0.05) is 116 Å². The summed E-state index contributed by atoms with van der Waals surface area (Å²) in [5.41, 5.74) is 7.37. The molecular weight excluding hydrogens is 969 g/mol. The van der Waals surface area contributed by atoms with Crippen molar-refractivity contribution in [1.82, 2.24) is 25.8 Å². The summed E-state index contributed by atoms with van der Waals surface area (Å²) < 4.78 is 59.8. The van der Waals surface area contributed by atoms with Crippen molar-refractivity contribution in [3.63, 3.8) is 0 Å². The minimum atomic E-state index is -4.30. The number of hydrogen-bond acceptors (Lipinski definition) is 11. The zero-order valence-corrected chi connectivity index (χ0v) is 44.0. The average molecular weight is 1050 g/mol. The number of likely N-dealkylation sites (tertiary alicyclic amines) is 2. The molecule has 2 aromatic rings. The van der Waals surface area contributed by atoms with Crippen molar-refractivity contribution in [2.45, 2.75) is 174 Å². The number of nitrogens with two attached hydrogens (primary N) is 1. The normalized spacial score (nSPS) is 18.0. The van der Waals surface area contributed by atoms with Gasteiger partial charge in [-0.25, -0.2) is 0 Å². The number of benzene rings is 2. The molecule has 0 saturated carbocycles. The maximum atomic E-state index is 15.0. The Morgan fingerprint density at radius 1 is 0.622 bits per heavy atom. The van der Waals surface area contributed by atoms with Crippen LogP contribution >= 0.6 is 0 Å². The quantitative estimate of drug-likeness (QED) is 0.0659. The van der Waals surface area contributed by atoms with Gasteiger partial charge < -0.3 is 36.6 Å². The topological polar surface area (TPSA) is 242 Å². The largest absolute Gasteiger partial charge is 0.384 e. The highest BCUT2D eigenvalue weighted by Gasteiger charge is 2.52. The molecule has 74 heavy (non-hydrogen) atoms. The number of alkyl halides is 4. The number of carbonyl (C=O) groups is 9. The van der Waals surface area contributed by atoms with Crippen LogP contribution in [0.25, 0.3) is 0 Å². The molecule has 0 radical (unpaired) electrons. The molecule has 2 aliphatic rings. The Morgan fingerprint density at radius 3 is 1.50 bits per heavy atom. The molecule has 2 aliphatic heterocycles. The van der Waals surface area contributed by atoms with E-state index in [1.54, 1.807) is 102 Å². The van der Waals surface area contributed by atoms with Crippen LogP contribution in [0.5, 0.6) is 0 Å². The molecule has 16 nitrogen and oxygen atoms in total. The van der Waals surface area contributed by atoms with Gasteiger partial charge >= 0.3 is 11.8 Å². The van der Waals surface area contributed by atoms with E-state index >= 15 is 0 Å². The lowest BCUT2D eigenvalue weighted by molar-refractivity contribution is -0.167. The number of aliphatic hydroxyl groups is 1. The fourth-order valence-electron chi connectivity index (χ4n) is 8.73.